The maximum atomic E-state index is 15.7. The van der Waals surface area contributed by atoms with Crippen LogP contribution in [0, 0.1) is 11.6 Å². The molecule has 0 saturated carbocycles. The van der Waals surface area contributed by atoms with Crippen molar-refractivity contribution in [2.45, 2.75) is 25.6 Å². The summed E-state index contributed by atoms with van der Waals surface area (Å²) in [6, 6.07) is 8.50. The number of rotatable bonds is 6. The molecular formula is C22H21F2NO5S. The van der Waals surface area contributed by atoms with Crippen LogP contribution in [0.25, 0.3) is 10.9 Å². The largest absolute Gasteiger partial charge is 0.462 e. The van der Waals surface area contributed by atoms with Crippen LogP contribution in [0.15, 0.2) is 47.4 Å². The lowest BCUT2D eigenvalue weighted by Crippen LogP contribution is -2.23. The van der Waals surface area contributed by atoms with Gasteiger partial charge in [-0.25, -0.2) is 22.0 Å². The summed E-state index contributed by atoms with van der Waals surface area (Å²) >= 11 is 0. The summed E-state index contributed by atoms with van der Waals surface area (Å²) in [7, 11) is -3.98. The quantitative estimate of drug-likeness (QED) is 0.537. The van der Waals surface area contributed by atoms with Crippen LogP contribution in [0.5, 0.6) is 0 Å². The van der Waals surface area contributed by atoms with Gasteiger partial charge in [0.2, 0.25) is 5.43 Å². The molecule has 6 nitrogen and oxygen atoms in total. The number of halogens is 2. The highest BCUT2D eigenvalue weighted by Gasteiger charge is 2.33. The van der Waals surface area contributed by atoms with Crippen LogP contribution in [-0.2, 0) is 21.1 Å². The number of pyridine rings is 1. The van der Waals surface area contributed by atoms with E-state index in [0.29, 0.717) is 0 Å². The molecule has 164 valence electrons. The number of carbonyl (C=O) groups is 1. The molecule has 9 heteroatoms. The molecule has 0 fully saturated rings. The van der Waals surface area contributed by atoms with E-state index in [9.17, 15) is 18.0 Å². The van der Waals surface area contributed by atoms with E-state index in [1.807, 2.05) is 0 Å². The number of aryl methyl sites for hydroxylation is 1. The zero-order valence-corrected chi connectivity index (χ0v) is 18.0. The Labute approximate surface area is 178 Å². The summed E-state index contributed by atoms with van der Waals surface area (Å²) in [4.78, 5) is 24.9. The van der Waals surface area contributed by atoms with Crippen molar-refractivity contribution >= 4 is 26.7 Å². The molecular weight excluding hydrogens is 428 g/mol. The Morgan fingerprint density at radius 1 is 1.16 bits per heavy atom. The maximum Gasteiger partial charge on any atom is 0.343 e. The Kier molecular flexibility index (Phi) is 6.26. The van der Waals surface area contributed by atoms with E-state index in [2.05, 4.69) is 0 Å². The van der Waals surface area contributed by atoms with Crippen molar-refractivity contribution in [1.29, 1.82) is 0 Å². The van der Waals surface area contributed by atoms with Gasteiger partial charge in [0.1, 0.15) is 16.6 Å². The van der Waals surface area contributed by atoms with E-state index < -0.39 is 43.7 Å². The lowest BCUT2D eigenvalue weighted by molar-refractivity contribution is 0.0524. The predicted octanol–water partition coefficient (Wildman–Crippen LogP) is 3.61. The zero-order chi connectivity index (χ0) is 22.9. The Hall–Kier alpha value is -3.07. The third-order valence-electron chi connectivity index (χ3n) is 4.92. The first-order valence-corrected chi connectivity index (χ1v) is 11.5. The van der Waals surface area contributed by atoms with Crippen molar-refractivity contribution in [3.63, 3.8) is 0 Å². The molecule has 0 aliphatic heterocycles. The average Bonchev–Trinajstić information content (AvgIpc) is 2.71. The van der Waals surface area contributed by atoms with Crippen molar-refractivity contribution in [1.82, 2.24) is 4.57 Å². The smallest absolute Gasteiger partial charge is 0.343 e. The van der Waals surface area contributed by atoms with Crippen LogP contribution in [0.1, 0.15) is 40.6 Å². The molecule has 3 aromatic rings. The first-order valence-electron chi connectivity index (χ1n) is 9.57. The van der Waals surface area contributed by atoms with Crippen molar-refractivity contribution in [2.24, 2.45) is 0 Å². The number of ether oxygens (including phenoxy) is 1. The fourth-order valence-electron chi connectivity index (χ4n) is 3.60. The van der Waals surface area contributed by atoms with Gasteiger partial charge in [-0.3, -0.25) is 4.79 Å². The second-order valence-electron chi connectivity index (χ2n) is 6.98. The van der Waals surface area contributed by atoms with Crippen LogP contribution in [0.2, 0.25) is 0 Å². The fraction of sp³-hybridized carbons (Fsp3) is 0.273. The van der Waals surface area contributed by atoms with E-state index in [1.54, 1.807) is 32.0 Å². The SMILES string of the molecule is CCOC(=O)c1cn(CC)c2c(F)c(C(c3ccccc3)S(C)(=O)=O)c(F)cc2c1=O. The molecule has 1 atom stereocenters. The molecule has 0 N–H and O–H groups in total. The minimum absolute atomic E-state index is 0.0250. The lowest BCUT2D eigenvalue weighted by atomic mass is 10.00. The number of hydrogen-bond donors (Lipinski definition) is 0. The van der Waals surface area contributed by atoms with Gasteiger partial charge in [-0.05, 0) is 25.5 Å². The van der Waals surface area contributed by atoms with Crippen LogP contribution < -0.4 is 5.43 Å². The third-order valence-corrected chi connectivity index (χ3v) is 6.28. The molecule has 1 heterocycles. The van der Waals surface area contributed by atoms with Crippen molar-refractivity contribution in [2.75, 3.05) is 12.9 Å². The second-order valence-corrected chi connectivity index (χ2v) is 9.11. The first-order chi connectivity index (χ1) is 14.6. The molecule has 31 heavy (non-hydrogen) atoms. The van der Waals surface area contributed by atoms with Gasteiger partial charge in [0.25, 0.3) is 0 Å². The molecule has 0 radical (unpaired) electrons. The number of nitrogens with zero attached hydrogens (tertiary/aromatic N) is 1. The summed E-state index contributed by atoms with van der Waals surface area (Å²) in [5, 5.41) is -1.98. The van der Waals surface area contributed by atoms with Gasteiger partial charge < -0.3 is 9.30 Å². The highest BCUT2D eigenvalue weighted by molar-refractivity contribution is 7.91. The summed E-state index contributed by atoms with van der Waals surface area (Å²) in [5.74, 6) is -3.26. The predicted molar refractivity (Wildman–Crippen MR) is 113 cm³/mol. The normalized spacial score (nSPS) is 12.7. The van der Waals surface area contributed by atoms with Crippen LogP contribution in [0.3, 0.4) is 0 Å². The Balaban J connectivity index is 2.42. The van der Waals surface area contributed by atoms with Gasteiger partial charge in [0, 0.05) is 24.6 Å². The van der Waals surface area contributed by atoms with Gasteiger partial charge in [0.05, 0.1) is 17.5 Å². The summed E-state index contributed by atoms with van der Waals surface area (Å²) in [6.07, 6.45) is 2.04. The first kappa shape index (κ1) is 22.6. The van der Waals surface area contributed by atoms with Gasteiger partial charge >= 0.3 is 5.97 Å². The minimum Gasteiger partial charge on any atom is -0.462 e. The van der Waals surface area contributed by atoms with E-state index in [4.69, 9.17) is 4.74 Å². The standard InChI is InChI=1S/C22H21F2NO5S/c1-4-25-12-15(22(27)30-5-2)20(26)14-11-16(23)17(18(24)19(14)25)21(31(3,28)29)13-9-7-6-8-10-13/h6-12,21H,4-5H2,1-3H3. The minimum atomic E-state index is -3.98. The number of fused-ring (bicyclic) bond motifs is 1. The zero-order valence-electron chi connectivity index (χ0n) is 17.2. The van der Waals surface area contributed by atoms with Crippen molar-refractivity contribution in [3.8, 4) is 0 Å². The van der Waals surface area contributed by atoms with Gasteiger partial charge in [-0.2, -0.15) is 0 Å². The number of sulfone groups is 1. The summed E-state index contributed by atoms with van der Waals surface area (Å²) in [6.45, 7) is 3.38. The van der Waals surface area contributed by atoms with E-state index in [-0.39, 0.29) is 35.2 Å². The topological polar surface area (TPSA) is 82.4 Å². The Bertz CT molecular complexity index is 1320. The molecule has 0 aliphatic carbocycles. The van der Waals surface area contributed by atoms with E-state index >= 15 is 8.78 Å². The van der Waals surface area contributed by atoms with Gasteiger partial charge in [0.15, 0.2) is 15.7 Å². The van der Waals surface area contributed by atoms with Crippen LogP contribution >= 0.6 is 0 Å². The monoisotopic (exact) mass is 449 g/mol. The summed E-state index contributed by atoms with van der Waals surface area (Å²) < 4.78 is 62.1. The van der Waals surface area contributed by atoms with Crippen LogP contribution in [0.4, 0.5) is 8.78 Å². The molecule has 0 aliphatic rings. The number of carbonyl (C=O) groups excluding carboxylic acids is 1. The number of aromatic nitrogens is 1. The molecule has 0 spiro atoms. The maximum absolute atomic E-state index is 15.7. The molecule has 0 saturated heterocycles. The van der Waals surface area contributed by atoms with Crippen molar-refractivity contribution in [3.05, 3.63) is 81.1 Å². The van der Waals surface area contributed by atoms with Crippen molar-refractivity contribution < 1.29 is 26.7 Å². The molecule has 0 bridgehead atoms. The molecule has 3 rings (SSSR count). The highest BCUT2D eigenvalue weighted by atomic mass is 32.2. The van der Waals surface area contributed by atoms with E-state index in [0.717, 1.165) is 18.5 Å². The van der Waals surface area contributed by atoms with Gasteiger partial charge in [-0.15, -0.1) is 0 Å². The number of esters is 1. The Morgan fingerprint density at radius 3 is 2.35 bits per heavy atom. The number of hydrogen-bond acceptors (Lipinski definition) is 5. The molecule has 2 aromatic carbocycles. The molecule has 1 aromatic heterocycles. The Morgan fingerprint density at radius 2 is 1.81 bits per heavy atom. The van der Waals surface area contributed by atoms with Crippen LogP contribution in [-0.4, -0.2) is 31.8 Å². The highest BCUT2D eigenvalue weighted by Crippen LogP contribution is 2.36. The second kappa shape index (κ2) is 8.58. The average molecular weight is 449 g/mol. The lowest BCUT2D eigenvalue weighted by Gasteiger charge is -2.20. The number of benzene rings is 2. The van der Waals surface area contributed by atoms with Gasteiger partial charge in [-0.1, -0.05) is 30.3 Å². The molecule has 1 unspecified atom stereocenters. The fourth-order valence-corrected chi connectivity index (χ4v) is 4.90. The van der Waals surface area contributed by atoms with E-state index in [1.165, 1.54) is 16.7 Å². The summed E-state index contributed by atoms with van der Waals surface area (Å²) in [5.41, 5.74) is -2.01. The molecule has 0 amide bonds. The third kappa shape index (κ3) is 4.10.